The summed E-state index contributed by atoms with van der Waals surface area (Å²) in [6.07, 6.45) is 2.73. The molecule has 5 heteroatoms. The Bertz CT molecular complexity index is 525. The van der Waals surface area contributed by atoms with Crippen molar-refractivity contribution >= 4 is 29.9 Å². The fraction of sp³-hybridized carbons (Fsp3) is 0.632. The van der Waals surface area contributed by atoms with Crippen molar-refractivity contribution in [3.8, 4) is 0 Å². The second kappa shape index (κ2) is 9.07. The van der Waals surface area contributed by atoms with Crippen LogP contribution in [0.2, 0.25) is 5.02 Å². The molecule has 1 heterocycles. The largest absolute Gasteiger partial charge is 0.349 e. The molecule has 1 aliphatic heterocycles. The van der Waals surface area contributed by atoms with Crippen LogP contribution in [0.4, 0.5) is 0 Å². The molecule has 0 aliphatic carbocycles. The van der Waals surface area contributed by atoms with Gasteiger partial charge < -0.3 is 10.6 Å². The van der Waals surface area contributed by atoms with Crippen LogP contribution in [-0.4, -0.2) is 18.5 Å². The zero-order valence-corrected chi connectivity index (χ0v) is 16.6. The van der Waals surface area contributed by atoms with Crippen LogP contribution in [0, 0.1) is 11.3 Å². The summed E-state index contributed by atoms with van der Waals surface area (Å²) in [7, 11) is 0. The highest BCUT2D eigenvalue weighted by molar-refractivity contribution is 6.30. The van der Waals surface area contributed by atoms with Crippen LogP contribution in [0.25, 0.3) is 0 Å². The van der Waals surface area contributed by atoms with E-state index in [0.29, 0.717) is 6.04 Å². The number of halogens is 2. The van der Waals surface area contributed by atoms with E-state index in [9.17, 15) is 4.79 Å². The molecule has 1 aromatic carbocycles. The van der Waals surface area contributed by atoms with E-state index in [1.807, 2.05) is 24.3 Å². The van der Waals surface area contributed by atoms with Gasteiger partial charge in [0.1, 0.15) is 0 Å². The minimum atomic E-state index is 0. The van der Waals surface area contributed by atoms with Crippen molar-refractivity contribution < 1.29 is 4.79 Å². The van der Waals surface area contributed by atoms with Crippen molar-refractivity contribution in [1.29, 1.82) is 0 Å². The summed E-state index contributed by atoms with van der Waals surface area (Å²) in [4.78, 5) is 12.7. The van der Waals surface area contributed by atoms with Gasteiger partial charge in [-0.3, -0.25) is 4.79 Å². The predicted molar refractivity (Wildman–Crippen MR) is 104 cm³/mol. The van der Waals surface area contributed by atoms with E-state index in [-0.39, 0.29) is 35.7 Å². The number of hydrogen-bond donors (Lipinski definition) is 2. The molecule has 1 fully saturated rings. The molecule has 24 heavy (non-hydrogen) atoms. The lowest BCUT2D eigenvalue weighted by molar-refractivity contribution is -0.127. The van der Waals surface area contributed by atoms with Crippen molar-refractivity contribution in [1.82, 2.24) is 10.6 Å². The molecule has 136 valence electrons. The number of carbonyl (C=O) groups is 1. The lowest BCUT2D eigenvalue weighted by Crippen LogP contribution is -2.43. The highest BCUT2D eigenvalue weighted by atomic mass is 35.5. The van der Waals surface area contributed by atoms with Gasteiger partial charge in [-0.1, -0.05) is 44.5 Å². The van der Waals surface area contributed by atoms with E-state index < -0.39 is 0 Å². The second-order valence-corrected chi connectivity index (χ2v) is 8.39. The van der Waals surface area contributed by atoms with Crippen molar-refractivity contribution in [2.24, 2.45) is 11.3 Å². The Hall–Kier alpha value is -0.770. The molecule has 2 N–H and O–H groups in total. The maximum atomic E-state index is 12.7. The van der Waals surface area contributed by atoms with Crippen LogP contribution in [0.15, 0.2) is 24.3 Å². The highest BCUT2D eigenvalue weighted by Gasteiger charge is 2.28. The van der Waals surface area contributed by atoms with Gasteiger partial charge in [-0.15, -0.1) is 12.4 Å². The van der Waals surface area contributed by atoms with Gasteiger partial charge in [0, 0.05) is 17.0 Å². The fourth-order valence-electron chi connectivity index (χ4n) is 3.22. The third kappa shape index (κ3) is 6.62. The maximum Gasteiger partial charge on any atom is 0.223 e. The fourth-order valence-corrected chi connectivity index (χ4v) is 3.35. The number of piperidine rings is 1. The van der Waals surface area contributed by atoms with Crippen LogP contribution in [-0.2, 0) is 4.79 Å². The topological polar surface area (TPSA) is 41.1 Å². The van der Waals surface area contributed by atoms with Crippen molar-refractivity contribution in [2.45, 2.75) is 59.0 Å². The minimum Gasteiger partial charge on any atom is -0.349 e. The Labute approximate surface area is 157 Å². The quantitative estimate of drug-likeness (QED) is 0.800. The number of nitrogens with one attached hydrogen (secondary N) is 2. The molecule has 1 unspecified atom stereocenters. The summed E-state index contributed by atoms with van der Waals surface area (Å²) < 4.78 is 0. The van der Waals surface area contributed by atoms with E-state index in [1.54, 1.807) is 0 Å². The molecule has 3 atom stereocenters. The Balaban J connectivity index is 0.00000288. The average Bonchev–Trinajstić information content (AvgIpc) is 2.46. The van der Waals surface area contributed by atoms with Gasteiger partial charge in [-0.2, -0.15) is 0 Å². The van der Waals surface area contributed by atoms with Crippen molar-refractivity contribution in [3.05, 3.63) is 34.9 Å². The number of benzene rings is 1. The number of rotatable bonds is 4. The third-order valence-corrected chi connectivity index (χ3v) is 4.65. The van der Waals surface area contributed by atoms with E-state index in [4.69, 9.17) is 11.6 Å². The molecule has 0 aromatic heterocycles. The standard InChI is InChI=1S/C19H29ClN2O.ClH/c1-13-11-15(9-10-21-13)18(23)22-17(12-19(2,3)4)14-5-7-16(20)8-6-14;/h5-8,13,15,17,21H,9-12H2,1-4H3,(H,22,23);1H/t13-,15-,17?;/m0./s1. The van der Waals surface area contributed by atoms with Crippen molar-refractivity contribution in [2.75, 3.05) is 6.54 Å². The Morgan fingerprint density at radius 3 is 2.50 bits per heavy atom. The lowest BCUT2D eigenvalue weighted by atomic mass is 9.84. The highest BCUT2D eigenvalue weighted by Crippen LogP contribution is 2.31. The third-order valence-electron chi connectivity index (χ3n) is 4.40. The molecule has 0 saturated carbocycles. The smallest absolute Gasteiger partial charge is 0.223 e. The van der Waals surface area contributed by atoms with Crippen LogP contribution >= 0.6 is 24.0 Å². The lowest BCUT2D eigenvalue weighted by Gasteiger charge is -2.31. The van der Waals surface area contributed by atoms with Crippen LogP contribution in [0.5, 0.6) is 0 Å². The average molecular weight is 373 g/mol. The van der Waals surface area contributed by atoms with Crippen molar-refractivity contribution in [3.63, 3.8) is 0 Å². The molecule has 1 aliphatic rings. The Morgan fingerprint density at radius 2 is 1.96 bits per heavy atom. The summed E-state index contributed by atoms with van der Waals surface area (Å²) >= 11 is 6.00. The molecule has 0 spiro atoms. The molecule has 0 bridgehead atoms. The monoisotopic (exact) mass is 372 g/mol. The van der Waals surface area contributed by atoms with E-state index in [0.717, 1.165) is 36.4 Å². The molecule has 2 rings (SSSR count). The molecule has 1 amide bonds. The maximum absolute atomic E-state index is 12.7. The van der Waals surface area contributed by atoms with Gasteiger partial charge in [0.2, 0.25) is 5.91 Å². The van der Waals surface area contributed by atoms with Crippen LogP contribution in [0.1, 0.15) is 58.6 Å². The summed E-state index contributed by atoms with van der Waals surface area (Å²) in [5.74, 6) is 0.295. The van der Waals surface area contributed by atoms with Gasteiger partial charge in [0.15, 0.2) is 0 Å². The van der Waals surface area contributed by atoms with Gasteiger partial charge in [-0.05, 0) is 55.8 Å². The van der Waals surface area contributed by atoms with Gasteiger partial charge in [0.25, 0.3) is 0 Å². The second-order valence-electron chi connectivity index (χ2n) is 7.95. The van der Waals surface area contributed by atoms with E-state index in [2.05, 4.69) is 38.3 Å². The first-order valence-electron chi connectivity index (χ1n) is 8.54. The molecule has 1 saturated heterocycles. The van der Waals surface area contributed by atoms with Gasteiger partial charge in [-0.25, -0.2) is 0 Å². The zero-order valence-electron chi connectivity index (χ0n) is 15.1. The molecular formula is C19H30Cl2N2O. The zero-order chi connectivity index (χ0) is 17.0. The molecular weight excluding hydrogens is 343 g/mol. The number of amides is 1. The minimum absolute atomic E-state index is 0. The summed E-state index contributed by atoms with van der Waals surface area (Å²) in [5.41, 5.74) is 1.26. The van der Waals surface area contributed by atoms with Crippen LogP contribution < -0.4 is 10.6 Å². The number of carbonyl (C=O) groups excluding carboxylic acids is 1. The first kappa shape index (κ1) is 21.3. The Kier molecular flexibility index (Phi) is 8.04. The Morgan fingerprint density at radius 1 is 1.33 bits per heavy atom. The predicted octanol–water partition coefficient (Wildman–Crippen LogP) is 4.74. The van der Waals surface area contributed by atoms with E-state index in [1.165, 1.54) is 0 Å². The SMILES string of the molecule is C[C@H]1C[C@@H](C(=O)NC(CC(C)(C)C)c2ccc(Cl)cc2)CCN1.Cl. The first-order chi connectivity index (χ1) is 10.7. The summed E-state index contributed by atoms with van der Waals surface area (Å²) in [6, 6.07) is 8.27. The van der Waals surface area contributed by atoms with Gasteiger partial charge >= 0.3 is 0 Å². The van der Waals surface area contributed by atoms with Gasteiger partial charge in [0.05, 0.1) is 6.04 Å². The van der Waals surface area contributed by atoms with Crippen LogP contribution in [0.3, 0.4) is 0 Å². The summed E-state index contributed by atoms with van der Waals surface area (Å²) in [5, 5.41) is 7.42. The molecule has 0 radical (unpaired) electrons. The van der Waals surface area contributed by atoms with E-state index >= 15 is 0 Å². The molecule has 1 aromatic rings. The normalized spacial score (nSPS) is 22.4. The molecule has 3 nitrogen and oxygen atoms in total. The number of hydrogen-bond acceptors (Lipinski definition) is 2. The summed E-state index contributed by atoms with van der Waals surface area (Å²) in [6.45, 7) is 9.67. The first-order valence-corrected chi connectivity index (χ1v) is 8.91.